The van der Waals surface area contributed by atoms with Gasteiger partial charge in [-0.25, -0.2) is 0 Å². The molecule has 1 fully saturated rings. The van der Waals surface area contributed by atoms with Gasteiger partial charge in [0.2, 0.25) is 0 Å². The van der Waals surface area contributed by atoms with Gasteiger partial charge in [0, 0.05) is 0 Å². The van der Waals surface area contributed by atoms with E-state index in [-0.39, 0.29) is 0 Å². The lowest BCUT2D eigenvalue weighted by molar-refractivity contribution is 0.443. The van der Waals surface area contributed by atoms with Gasteiger partial charge < -0.3 is 0 Å². The largest absolute Gasteiger partial charge is 0.103 e. The molecule has 0 N–H and O–H groups in total. The molecule has 0 bridgehead atoms. The first-order valence-electron chi connectivity index (χ1n) is 4.61. The van der Waals surface area contributed by atoms with Crippen molar-refractivity contribution in [1.82, 2.24) is 0 Å². The van der Waals surface area contributed by atoms with Gasteiger partial charge in [-0.2, -0.15) is 0 Å². The van der Waals surface area contributed by atoms with Crippen molar-refractivity contribution in [2.75, 3.05) is 0 Å². The van der Waals surface area contributed by atoms with E-state index in [0.717, 1.165) is 12.3 Å². The molecule has 0 aromatic carbocycles. The van der Waals surface area contributed by atoms with Crippen molar-refractivity contribution in [3.63, 3.8) is 0 Å². The van der Waals surface area contributed by atoms with Crippen molar-refractivity contribution in [3.05, 3.63) is 24.3 Å². The van der Waals surface area contributed by atoms with Crippen molar-refractivity contribution in [1.29, 1.82) is 0 Å². The van der Waals surface area contributed by atoms with E-state index >= 15 is 0 Å². The molecule has 0 heterocycles. The highest BCUT2D eigenvalue weighted by molar-refractivity contribution is 5.06. The lowest BCUT2D eigenvalue weighted by atomic mass is 9.87. The Bertz CT molecular complexity index is 143. The van der Waals surface area contributed by atoms with E-state index in [2.05, 4.69) is 19.6 Å². The summed E-state index contributed by atoms with van der Waals surface area (Å²) in [6, 6.07) is 0. The number of hydrogen-bond acceptors (Lipinski definition) is 0. The fraction of sp³-hybridized carbons (Fsp3) is 0.636. The van der Waals surface area contributed by atoms with Crippen molar-refractivity contribution < 1.29 is 0 Å². The van der Waals surface area contributed by atoms with Crippen LogP contribution in [0, 0.1) is 5.92 Å². The van der Waals surface area contributed by atoms with Crippen LogP contribution in [0.3, 0.4) is 0 Å². The van der Waals surface area contributed by atoms with Crippen LogP contribution >= 0.6 is 0 Å². The second-order valence-corrected chi connectivity index (χ2v) is 3.57. The maximum Gasteiger partial charge on any atom is -0.0169 e. The van der Waals surface area contributed by atoms with Crippen LogP contribution in [0.4, 0.5) is 0 Å². The standard InChI is InChI=1S/C11H18/c1-3-4-5-11-8-6-10(2)7-9-11/h3,5,10H,1,4,6-9H2,2H3. The van der Waals surface area contributed by atoms with Gasteiger partial charge >= 0.3 is 0 Å². The summed E-state index contributed by atoms with van der Waals surface area (Å²) in [5.74, 6) is 0.955. The fourth-order valence-corrected chi connectivity index (χ4v) is 1.59. The summed E-state index contributed by atoms with van der Waals surface area (Å²) in [6.45, 7) is 6.07. The Labute approximate surface area is 70.0 Å². The number of hydrogen-bond donors (Lipinski definition) is 0. The lowest BCUT2D eigenvalue weighted by Gasteiger charge is -2.19. The maximum atomic E-state index is 3.72. The minimum Gasteiger partial charge on any atom is -0.103 e. The van der Waals surface area contributed by atoms with E-state index in [4.69, 9.17) is 0 Å². The first kappa shape index (κ1) is 8.58. The van der Waals surface area contributed by atoms with Crippen LogP contribution in [0.2, 0.25) is 0 Å². The summed E-state index contributed by atoms with van der Waals surface area (Å²) in [5.41, 5.74) is 1.66. The molecule has 0 atom stereocenters. The Morgan fingerprint density at radius 1 is 1.45 bits per heavy atom. The molecule has 0 saturated heterocycles. The summed E-state index contributed by atoms with van der Waals surface area (Å²) >= 11 is 0. The van der Waals surface area contributed by atoms with E-state index in [1.807, 2.05) is 6.08 Å². The molecule has 0 spiro atoms. The van der Waals surface area contributed by atoms with Crippen molar-refractivity contribution in [2.24, 2.45) is 5.92 Å². The SMILES string of the molecule is C=CCC=C1CCC(C)CC1. The Kier molecular flexibility index (Phi) is 3.41. The summed E-state index contributed by atoms with van der Waals surface area (Å²) in [7, 11) is 0. The Hall–Kier alpha value is -0.520. The van der Waals surface area contributed by atoms with Crippen molar-refractivity contribution in [2.45, 2.75) is 39.0 Å². The summed E-state index contributed by atoms with van der Waals surface area (Å²) < 4.78 is 0. The molecule has 1 saturated carbocycles. The predicted molar refractivity (Wildman–Crippen MR) is 50.5 cm³/mol. The highest BCUT2D eigenvalue weighted by Crippen LogP contribution is 2.27. The smallest absolute Gasteiger partial charge is 0.0169 e. The first-order chi connectivity index (χ1) is 5.33. The monoisotopic (exact) mass is 150 g/mol. The molecule has 0 heteroatoms. The molecule has 1 rings (SSSR count). The third kappa shape index (κ3) is 2.92. The van der Waals surface area contributed by atoms with Gasteiger partial charge in [-0.05, 0) is 38.0 Å². The quantitative estimate of drug-likeness (QED) is 0.526. The van der Waals surface area contributed by atoms with E-state index in [9.17, 15) is 0 Å². The zero-order valence-electron chi connectivity index (χ0n) is 7.47. The Morgan fingerprint density at radius 2 is 2.09 bits per heavy atom. The maximum absolute atomic E-state index is 3.72. The van der Waals surface area contributed by atoms with Gasteiger partial charge in [0.05, 0.1) is 0 Å². The van der Waals surface area contributed by atoms with E-state index in [1.54, 1.807) is 5.57 Å². The lowest BCUT2D eigenvalue weighted by Crippen LogP contribution is -2.03. The van der Waals surface area contributed by atoms with Crippen LogP contribution < -0.4 is 0 Å². The molecular formula is C11H18. The molecule has 0 aliphatic heterocycles. The molecule has 0 nitrogen and oxygen atoms in total. The molecule has 11 heavy (non-hydrogen) atoms. The normalized spacial score (nSPS) is 24.8. The second-order valence-electron chi connectivity index (χ2n) is 3.57. The average Bonchev–Trinajstić information content (AvgIpc) is 2.04. The van der Waals surface area contributed by atoms with Gasteiger partial charge in [-0.1, -0.05) is 24.6 Å². The van der Waals surface area contributed by atoms with E-state index < -0.39 is 0 Å². The number of allylic oxidation sites excluding steroid dienone is 3. The highest BCUT2D eigenvalue weighted by Gasteiger charge is 2.10. The zero-order chi connectivity index (χ0) is 8.10. The molecular weight excluding hydrogens is 132 g/mol. The molecule has 0 radical (unpaired) electrons. The van der Waals surface area contributed by atoms with Gasteiger partial charge in [0.1, 0.15) is 0 Å². The minimum absolute atomic E-state index is 0.955. The third-order valence-corrected chi connectivity index (χ3v) is 2.49. The summed E-state index contributed by atoms with van der Waals surface area (Å²) in [4.78, 5) is 0. The van der Waals surface area contributed by atoms with Gasteiger partial charge in [-0.15, -0.1) is 6.58 Å². The van der Waals surface area contributed by atoms with Gasteiger partial charge in [-0.3, -0.25) is 0 Å². The average molecular weight is 150 g/mol. The van der Waals surface area contributed by atoms with Crippen molar-refractivity contribution in [3.8, 4) is 0 Å². The van der Waals surface area contributed by atoms with Gasteiger partial charge in [0.15, 0.2) is 0 Å². The van der Waals surface area contributed by atoms with Crippen LogP contribution in [0.25, 0.3) is 0 Å². The fourth-order valence-electron chi connectivity index (χ4n) is 1.59. The third-order valence-electron chi connectivity index (χ3n) is 2.49. The highest BCUT2D eigenvalue weighted by atomic mass is 14.2. The second kappa shape index (κ2) is 4.38. The van der Waals surface area contributed by atoms with Crippen LogP contribution in [0.15, 0.2) is 24.3 Å². The Balaban J connectivity index is 2.32. The first-order valence-corrected chi connectivity index (χ1v) is 4.61. The molecule has 62 valence electrons. The minimum atomic E-state index is 0.955. The molecule has 0 unspecified atom stereocenters. The number of rotatable bonds is 2. The molecule has 1 aliphatic rings. The van der Waals surface area contributed by atoms with E-state index in [1.165, 1.54) is 25.7 Å². The molecule has 1 aliphatic carbocycles. The Morgan fingerprint density at radius 3 is 2.64 bits per heavy atom. The van der Waals surface area contributed by atoms with Crippen LogP contribution in [-0.4, -0.2) is 0 Å². The predicted octanol–water partition coefficient (Wildman–Crippen LogP) is 3.70. The van der Waals surface area contributed by atoms with Crippen LogP contribution in [-0.2, 0) is 0 Å². The molecule has 0 aromatic heterocycles. The van der Waals surface area contributed by atoms with E-state index in [0.29, 0.717) is 0 Å². The molecule has 0 amide bonds. The summed E-state index contributed by atoms with van der Waals surface area (Å²) in [6.07, 6.45) is 10.8. The zero-order valence-corrected chi connectivity index (χ0v) is 7.47. The summed E-state index contributed by atoms with van der Waals surface area (Å²) in [5, 5.41) is 0. The van der Waals surface area contributed by atoms with Crippen LogP contribution in [0.1, 0.15) is 39.0 Å². The van der Waals surface area contributed by atoms with Gasteiger partial charge in [0.25, 0.3) is 0 Å². The van der Waals surface area contributed by atoms with Crippen LogP contribution in [0.5, 0.6) is 0 Å². The van der Waals surface area contributed by atoms with Crippen molar-refractivity contribution >= 4 is 0 Å². The molecule has 0 aromatic rings. The topological polar surface area (TPSA) is 0 Å².